The Bertz CT molecular complexity index is 191. The second kappa shape index (κ2) is 4.09. The lowest BCUT2D eigenvalue weighted by atomic mass is 10.2. The molecular weight excluding hydrogens is 166 g/mol. The molecule has 1 amide bonds. The van der Waals surface area contributed by atoms with Crippen molar-refractivity contribution in [1.29, 1.82) is 0 Å². The van der Waals surface area contributed by atoms with Crippen molar-refractivity contribution in [3.05, 3.63) is 0 Å². The van der Waals surface area contributed by atoms with E-state index in [4.69, 9.17) is 4.74 Å². The highest BCUT2D eigenvalue weighted by molar-refractivity contribution is 5.81. The predicted molar refractivity (Wildman–Crippen MR) is 51.5 cm³/mol. The first-order valence-corrected chi connectivity index (χ1v) is 4.94. The molecule has 0 saturated carbocycles. The third-order valence-electron chi connectivity index (χ3n) is 2.63. The van der Waals surface area contributed by atoms with Gasteiger partial charge >= 0.3 is 0 Å². The maximum absolute atomic E-state index is 11.7. The van der Waals surface area contributed by atoms with E-state index in [1.165, 1.54) is 0 Å². The van der Waals surface area contributed by atoms with Gasteiger partial charge in [-0.25, -0.2) is 0 Å². The Morgan fingerprint density at radius 1 is 1.46 bits per heavy atom. The van der Waals surface area contributed by atoms with Gasteiger partial charge in [-0.2, -0.15) is 0 Å². The van der Waals surface area contributed by atoms with Gasteiger partial charge in [0, 0.05) is 13.1 Å². The largest absolute Gasteiger partial charge is 0.365 e. The molecule has 13 heavy (non-hydrogen) atoms. The minimum Gasteiger partial charge on any atom is -0.365 e. The molecule has 0 spiro atoms. The number of carbonyl (C=O) groups excluding carboxylic acids is 1. The molecular formula is C10H19NO2. The summed E-state index contributed by atoms with van der Waals surface area (Å²) >= 11 is 0. The van der Waals surface area contributed by atoms with Crippen molar-refractivity contribution in [3.63, 3.8) is 0 Å². The van der Waals surface area contributed by atoms with Crippen molar-refractivity contribution >= 4 is 5.91 Å². The van der Waals surface area contributed by atoms with Crippen LogP contribution in [0.2, 0.25) is 0 Å². The van der Waals surface area contributed by atoms with Gasteiger partial charge in [0.1, 0.15) is 6.10 Å². The van der Waals surface area contributed by atoms with Crippen LogP contribution in [-0.2, 0) is 9.53 Å². The molecule has 1 rings (SSSR count). The van der Waals surface area contributed by atoms with Gasteiger partial charge in [-0.3, -0.25) is 4.79 Å². The summed E-state index contributed by atoms with van der Waals surface area (Å²) in [5, 5.41) is 0. The number of amides is 1. The molecule has 1 aliphatic heterocycles. The Labute approximate surface area is 80.1 Å². The first-order valence-electron chi connectivity index (χ1n) is 4.94. The minimum atomic E-state index is -0.192. The molecule has 0 aromatic heterocycles. The highest BCUT2D eigenvalue weighted by Crippen LogP contribution is 2.20. The SMILES string of the molecule is CC1CCC(C(=O)N(C)C(C)C)O1. The number of carbonyl (C=O) groups is 1. The van der Waals surface area contributed by atoms with Crippen molar-refractivity contribution in [2.24, 2.45) is 0 Å². The average molecular weight is 185 g/mol. The smallest absolute Gasteiger partial charge is 0.251 e. The van der Waals surface area contributed by atoms with Crippen LogP contribution in [0.3, 0.4) is 0 Å². The van der Waals surface area contributed by atoms with Crippen LogP contribution in [-0.4, -0.2) is 36.1 Å². The Morgan fingerprint density at radius 2 is 2.08 bits per heavy atom. The van der Waals surface area contributed by atoms with E-state index in [1.54, 1.807) is 4.90 Å². The molecule has 2 unspecified atom stereocenters. The standard InChI is InChI=1S/C10H19NO2/c1-7(2)11(4)10(12)9-6-5-8(3)13-9/h7-9H,5-6H2,1-4H3. The lowest BCUT2D eigenvalue weighted by Gasteiger charge is -2.24. The molecule has 0 aliphatic carbocycles. The molecule has 0 bridgehead atoms. The van der Waals surface area contributed by atoms with Gasteiger partial charge in [-0.05, 0) is 33.6 Å². The summed E-state index contributed by atoms with van der Waals surface area (Å²) in [4.78, 5) is 13.5. The highest BCUT2D eigenvalue weighted by Gasteiger charge is 2.30. The minimum absolute atomic E-state index is 0.124. The second-order valence-electron chi connectivity index (χ2n) is 4.06. The maximum atomic E-state index is 11.7. The molecule has 0 aromatic carbocycles. The Kier molecular flexibility index (Phi) is 3.31. The van der Waals surface area contributed by atoms with E-state index in [2.05, 4.69) is 0 Å². The van der Waals surface area contributed by atoms with Gasteiger partial charge in [0.25, 0.3) is 5.91 Å². The third kappa shape index (κ3) is 2.44. The molecule has 0 N–H and O–H groups in total. The lowest BCUT2D eigenvalue weighted by Crippen LogP contribution is -2.40. The summed E-state index contributed by atoms with van der Waals surface area (Å²) < 4.78 is 5.50. The zero-order chi connectivity index (χ0) is 10.0. The van der Waals surface area contributed by atoms with E-state index < -0.39 is 0 Å². The fourth-order valence-corrected chi connectivity index (χ4v) is 1.47. The van der Waals surface area contributed by atoms with Crippen LogP contribution in [0, 0.1) is 0 Å². The molecule has 3 nitrogen and oxygen atoms in total. The Hall–Kier alpha value is -0.570. The van der Waals surface area contributed by atoms with Gasteiger partial charge in [0.2, 0.25) is 0 Å². The molecule has 0 radical (unpaired) electrons. The molecule has 3 heteroatoms. The summed E-state index contributed by atoms with van der Waals surface area (Å²) in [5.74, 6) is 0.124. The number of hydrogen-bond donors (Lipinski definition) is 0. The van der Waals surface area contributed by atoms with Gasteiger partial charge in [-0.15, -0.1) is 0 Å². The van der Waals surface area contributed by atoms with Gasteiger partial charge in [0.05, 0.1) is 6.10 Å². The predicted octanol–water partition coefficient (Wildman–Crippen LogP) is 1.42. The highest BCUT2D eigenvalue weighted by atomic mass is 16.5. The molecule has 1 fully saturated rings. The van der Waals surface area contributed by atoms with Gasteiger partial charge < -0.3 is 9.64 Å². The zero-order valence-corrected chi connectivity index (χ0v) is 8.91. The van der Waals surface area contributed by atoms with E-state index in [9.17, 15) is 4.79 Å². The van der Waals surface area contributed by atoms with Crippen LogP contribution in [0.4, 0.5) is 0 Å². The number of hydrogen-bond acceptors (Lipinski definition) is 2. The Balaban J connectivity index is 2.48. The zero-order valence-electron chi connectivity index (χ0n) is 8.91. The topological polar surface area (TPSA) is 29.5 Å². The van der Waals surface area contributed by atoms with Crippen molar-refractivity contribution in [3.8, 4) is 0 Å². The molecule has 1 aliphatic rings. The summed E-state index contributed by atoms with van der Waals surface area (Å²) in [6.07, 6.45) is 1.93. The fraction of sp³-hybridized carbons (Fsp3) is 0.900. The maximum Gasteiger partial charge on any atom is 0.251 e. The van der Waals surface area contributed by atoms with Crippen LogP contribution in [0.5, 0.6) is 0 Å². The molecule has 76 valence electrons. The summed E-state index contributed by atoms with van der Waals surface area (Å²) in [5.41, 5.74) is 0. The quantitative estimate of drug-likeness (QED) is 0.651. The third-order valence-corrected chi connectivity index (χ3v) is 2.63. The van der Waals surface area contributed by atoms with Crippen LogP contribution >= 0.6 is 0 Å². The summed E-state index contributed by atoms with van der Waals surface area (Å²) in [6, 6.07) is 0.256. The molecule has 2 atom stereocenters. The van der Waals surface area contributed by atoms with Crippen molar-refractivity contribution in [2.45, 2.75) is 51.9 Å². The monoisotopic (exact) mass is 185 g/mol. The average Bonchev–Trinajstić information content (AvgIpc) is 2.49. The number of rotatable bonds is 2. The van der Waals surface area contributed by atoms with Crippen LogP contribution in [0.1, 0.15) is 33.6 Å². The van der Waals surface area contributed by atoms with E-state index in [0.29, 0.717) is 0 Å². The fourth-order valence-electron chi connectivity index (χ4n) is 1.47. The first kappa shape index (κ1) is 10.5. The number of ether oxygens (including phenoxy) is 1. The number of likely N-dealkylation sites (N-methyl/N-ethyl adjacent to an activating group) is 1. The van der Waals surface area contributed by atoms with E-state index in [-0.39, 0.29) is 24.2 Å². The van der Waals surface area contributed by atoms with Crippen molar-refractivity contribution < 1.29 is 9.53 Å². The second-order valence-corrected chi connectivity index (χ2v) is 4.06. The van der Waals surface area contributed by atoms with E-state index in [0.717, 1.165) is 12.8 Å². The van der Waals surface area contributed by atoms with Gasteiger partial charge in [0.15, 0.2) is 0 Å². The van der Waals surface area contributed by atoms with Crippen molar-refractivity contribution in [1.82, 2.24) is 4.90 Å². The normalized spacial score (nSPS) is 28.1. The van der Waals surface area contributed by atoms with Crippen LogP contribution in [0.25, 0.3) is 0 Å². The lowest BCUT2D eigenvalue weighted by molar-refractivity contribution is -0.142. The van der Waals surface area contributed by atoms with Gasteiger partial charge in [-0.1, -0.05) is 0 Å². The first-order chi connectivity index (χ1) is 6.02. The molecule has 1 saturated heterocycles. The van der Waals surface area contributed by atoms with Crippen molar-refractivity contribution in [2.75, 3.05) is 7.05 Å². The van der Waals surface area contributed by atoms with Crippen LogP contribution < -0.4 is 0 Å². The van der Waals surface area contributed by atoms with Crippen LogP contribution in [0.15, 0.2) is 0 Å². The van der Waals surface area contributed by atoms with E-state index in [1.807, 2.05) is 27.8 Å². The Morgan fingerprint density at radius 3 is 2.46 bits per heavy atom. The van der Waals surface area contributed by atoms with E-state index >= 15 is 0 Å². The molecule has 1 heterocycles. The molecule has 0 aromatic rings. The number of nitrogens with zero attached hydrogens (tertiary/aromatic N) is 1. The summed E-state index contributed by atoms with van der Waals surface area (Å²) in [7, 11) is 1.83. The summed E-state index contributed by atoms with van der Waals surface area (Å²) in [6.45, 7) is 6.04.